The number of benzene rings is 4. The lowest BCUT2D eigenvalue weighted by Gasteiger charge is -2.29. The Morgan fingerprint density at radius 1 is 0.647 bits per heavy atom. The van der Waals surface area contributed by atoms with Crippen molar-refractivity contribution in [3.8, 4) is 23.0 Å². The number of hydrogen-bond donors (Lipinski definition) is 2. The van der Waals surface area contributed by atoms with Gasteiger partial charge in [0.05, 0.1) is 0 Å². The van der Waals surface area contributed by atoms with E-state index >= 15 is 0 Å². The minimum Gasteiger partial charge on any atom is -0.457 e. The summed E-state index contributed by atoms with van der Waals surface area (Å²) in [5.41, 5.74) is 15.6. The zero-order valence-electron chi connectivity index (χ0n) is 20.0. The van der Waals surface area contributed by atoms with E-state index in [1.165, 1.54) is 11.1 Å². The molecular formula is C30H32N2O2. The maximum absolute atomic E-state index is 5.94. The van der Waals surface area contributed by atoms with Crippen LogP contribution in [-0.2, 0) is 5.41 Å². The van der Waals surface area contributed by atoms with Crippen molar-refractivity contribution in [2.24, 2.45) is 0 Å². The number of anilines is 2. The van der Waals surface area contributed by atoms with Crippen LogP contribution >= 0.6 is 0 Å². The van der Waals surface area contributed by atoms with Crippen LogP contribution in [0.1, 0.15) is 44.2 Å². The van der Waals surface area contributed by atoms with Crippen LogP contribution in [0.4, 0.5) is 11.4 Å². The highest BCUT2D eigenvalue weighted by molar-refractivity contribution is 5.46. The van der Waals surface area contributed by atoms with Gasteiger partial charge in [-0.15, -0.1) is 0 Å². The molecule has 0 aromatic heterocycles. The molecule has 0 radical (unpaired) electrons. The largest absolute Gasteiger partial charge is 0.457 e. The van der Waals surface area contributed by atoms with Crippen molar-refractivity contribution in [2.45, 2.75) is 38.5 Å². The molecule has 4 rings (SSSR count). The van der Waals surface area contributed by atoms with E-state index in [-0.39, 0.29) is 5.41 Å². The van der Waals surface area contributed by atoms with E-state index in [1.807, 2.05) is 72.8 Å². The SMILES string of the molecule is CC(CC(C)(C)c1ccc(Oc2cccc(N)c2)cc1)c1ccc(Oc2cccc(N)c2)cc1. The first-order valence-electron chi connectivity index (χ1n) is 11.6. The quantitative estimate of drug-likeness (QED) is 0.266. The highest BCUT2D eigenvalue weighted by atomic mass is 16.5. The molecule has 174 valence electrons. The van der Waals surface area contributed by atoms with E-state index < -0.39 is 0 Å². The Labute approximate surface area is 202 Å². The molecule has 1 atom stereocenters. The molecule has 0 bridgehead atoms. The van der Waals surface area contributed by atoms with E-state index in [2.05, 4.69) is 45.0 Å². The van der Waals surface area contributed by atoms with E-state index in [1.54, 1.807) is 0 Å². The Balaban J connectivity index is 1.39. The van der Waals surface area contributed by atoms with Gasteiger partial charge in [-0.3, -0.25) is 0 Å². The number of rotatable bonds is 8. The smallest absolute Gasteiger partial charge is 0.129 e. The topological polar surface area (TPSA) is 70.5 Å². The highest BCUT2D eigenvalue weighted by Gasteiger charge is 2.24. The second-order valence-corrected chi connectivity index (χ2v) is 9.43. The summed E-state index contributed by atoms with van der Waals surface area (Å²) in [4.78, 5) is 0. The van der Waals surface area contributed by atoms with Crippen LogP contribution in [0.25, 0.3) is 0 Å². The van der Waals surface area contributed by atoms with Crippen molar-refractivity contribution >= 4 is 11.4 Å². The first kappa shape index (κ1) is 23.2. The predicted octanol–water partition coefficient (Wildman–Crippen LogP) is 7.91. The molecule has 0 aliphatic rings. The predicted molar refractivity (Wildman–Crippen MR) is 141 cm³/mol. The molecule has 34 heavy (non-hydrogen) atoms. The van der Waals surface area contributed by atoms with Gasteiger partial charge >= 0.3 is 0 Å². The van der Waals surface area contributed by atoms with Crippen molar-refractivity contribution in [3.63, 3.8) is 0 Å². The fourth-order valence-electron chi connectivity index (χ4n) is 4.27. The van der Waals surface area contributed by atoms with Crippen LogP contribution < -0.4 is 20.9 Å². The molecule has 4 aromatic carbocycles. The third-order valence-electron chi connectivity index (χ3n) is 6.09. The highest BCUT2D eigenvalue weighted by Crippen LogP contribution is 2.36. The van der Waals surface area contributed by atoms with Crippen LogP contribution in [0.5, 0.6) is 23.0 Å². The van der Waals surface area contributed by atoms with Crippen LogP contribution in [-0.4, -0.2) is 0 Å². The van der Waals surface area contributed by atoms with Crippen LogP contribution in [0.2, 0.25) is 0 Å². The van der Waals surface area contributed by atoms with Gasteiger partial charge in [0.1, 0.15) is 23.0 Å². The normalized spacial score (nSPS) is 12.2. The molecule has 4 N–H and O–H groups in total. The summed E-state index contributed by atoms with van der Waals surface area (Å²) in [5.74, 6) is 3.47. The number of nitrogen functional groups attached to an aromatic ring is 2. The standard InChI is InChI=1S/C30H32N2O2/c1-21(22-10-14-26(15-11-22)33-28-8-4-6-24(31)18-28)20-30(2,3)23-12-16-27(17-13-23)34-29-9-5-7-25(32)19-29/h4-19,21H,20,31-32H2,1-3H3. The number of nitrogens with two attached hydrogens (primary N) is 2. The molecule has 0 spiro atoms. The molecule has 0 fully saturated rings. The Hall–Kier alpha value is -3.92. The first-order chi connectivity index (χ1) is 16.3. The van der Waals surface area contributed by atoms with E-state index in [0.717, 1.165) is 29.4 Å². The minimum atomic E-state index is 0.00581. The van der Waals surface area contributed by atoms with Gasteiger partial charge in [-0.1, -0.05) is 57.2 Å². The van der Waals surface area contributed by atoms with Gasteiger partial charge in [-0.05, 0) is 77.4 Å². The van der Waals surface area contributed by atoms with Crippen molar-refractivity contribution in [1.29, 1.82) is 0 Å². The lowest BCUT2D eigenvalue weighted by atomic mass is 9.76. The first-order valence-corrected chi connectivity index (χ1v) is 11.6. The summed E-state index contributed by atoms with van der Waals surface area (Å²) < 4.78 is 11.9. The molecule has 4 aromatic rings. The summed E-state index contributed by atoms with van der Waals surface area (Å²) >= 11 is 0. The van der Waals surface area contributed by atoms with Crippen molar-refractivity contribution in [1.82, 2.24) is 0 Å². The van der Waals surface area contributed by atoms with Gasteiger partial charge in [0.2, 0.25) is 0 Å². The van der Waals surface area contributed by atoms with E-state index in [0.29, 0.717) is 17.3 Å². The summed E-state index contributed by atoms with van der Waals surface area (Å²) in [5, 5.41) is 0. The number of hydrogen-bond acceptors (Lipinski definition) is 4. The fraction of sp³-hybridized carbons (Fsp3) is 0.200. The summed E-state index contributed by atoms with van der Waals surface area (Å²) in [6, 6.07) is 31.6. The fourth-order valence-corrected chi connectivity index (χ4v) is 4.27. The molecule has 0 saturated heterocycles. The molecular weight excluding hydrogens is 420 g/mol. The van der Waals surface area contributed by atoms with Gasteiger partial charge in [0, 0.05) is 23.5 Å². The summed E-state index contributed by atoms with van der Waals surface area (Å²) in [6.45, 7) is 6.84. The van der Waals surface area contributed by atoms with Crippen molar-refractivity contribution in [2.75, 3.05) is 11.5 Å². The lowest BCUT2D eigenvalue weighted by Crippen LogP contribution is -2.20. The summed E-state index contributed by atoms with van der Waals surface area (Å²) in [7, 11) is 0. The molecule has 0 aliphatic carbocycles. The van der Waals surface area contributed by atoms with Gasteiger partial charge in [0.25, 0.3) is 0 Å². The maximum atomic E-state index is 5.94. The third kappa shape index (κ3) is 5.90. The van der Waals surface area contributed by atoms with Gasteiger partial charge in [-0.2, -0.15) is 0 Å². The molecule has 0 aliphatic heterocycles. The van der Waals surface area contributed by atoms with E-state index in [9.17, 15) is 0 Å². The zero-order chi connectivity index (χ0) is 24.1. The average molecular weight is 453 g/mol. The van der Waals surface area contributed by atoms with Gasteiger partial charge in [0.15, 0.2) is 0 Å². The lowest BCUT2D eigenvalue weighted by molar-refractivity contribution is 0.436. The zero-order valence-corrected chi connectivity index (χ0v) is 20.0. The van der Waals surface area contributed by atoms with Crippen LogP contribution in [0, 0.1) is 0 Å². The van der Waals surface area contributed by atoms with Crippen LogP contribution in [0.15, 0.2) is 97.1 Å². The second-order valence-electron chi connectivity index (χ2n) is 9.43. The van der Waals surface area contributed by atoms with Gasteiger partial charge in [-0.25, -0.2) is 0 Å². The number of ether oxygens (including phenoxy) is 2. The van der Waals surface area contributed by atoms with Gasteiger partial charge < -0.3 is 20.9 Å². The molecule has 4 heteroatoms. The molecule has 4 nitrogen and oxygen atoms in total. The Bertz CT molecular complexity index is 1230. The van der Waals surface area contributed by atoms with Crippen molar-refractivity contribution in [3.05, 3.63) is 108 Å². The Morgan fingerprint density at radius 2 is 1.12 bits per heavy atom. The van der Waals surface area contributed by atoms with E-state index in [4.69, 9.17) is 20.9 Å². The van der Waals surface area contributed by atoms with Crippen LogP contribution in [0.3, 0.4) is 0 Å². The maximum Gasteiger partial charge on any atom is 0.129 e. The Morgan fingerprint density at radius 3 is 1.59 bits per heavy atom. The molecule has 0 amide bonds. The average Bonchev–Trinajstić information content (AvgIpc) is 2.80. The minimum absolute atomic E-state index is 0.00581. The monoisotopic (exact) mass is 452 g/mol. The van der Waals surface area contributed by atoms with Crippen molar-refractivity contribution < 1.29 is 9.47 Å². The molecule has 0 heterocycles. The second kappa shape index (κ2) is 9.92. The molecule has 0 saturated carbocycles. The molecule has 1 unspecified atom stereocenters. The Kier molecular flexibility index (Phi) is 6.78. The summed E-state index contributed by atoms with van der Waals surface area (Å²) in [6.07, 6.45) is 1.01. The third-order valence-corrected chi connectivity index (χ3v) is 6.09.